The molecule has 0 rings (SSSR count). The van der Waals surface area contributed by atoms with Gasteiger partial charge in [0.25, 0.3) is 0 Å². The first kappa shape index (κ1) is 42.8. The highest BCUT2D eigenvalue weighted by molar-refractivity contribution is 4.61. The van der Waals surface area contributed by atoms with Gasteiger partial charge >= 0.3 is 0 Å². The van der Waals surface area contributed by atoms with Crippen LogP contribution >= 0.6 is 0 Å². The number of hydrogen-bond acceptors (Lipinski definition) is 5. The monoisotopic (exact) mass is 313 g/mol. The molecule has 140 valence electrons. The molecule has 0 aliphatic heterocycles. The van der Waals surface area contributed by atoms with Crippen LogP contribution < -0.4 is 21.7 Å². The number of hydrogen-bond donors (Lipinski definition) is 4. The molecule has 0 spiro atoms. The summed E-state index contributed by atoms with van der Waals surface area (Å²) >= 11 is 0. The van der Waals surface area contributed by atoms with E-state index in [9.17, 15) is 0 Å². The lowest BCUT2D eigenvalue weighted by molar-refractivity contribution is 0.282. The number of nitrogens with one attached hydrogen (secondary N) is 3. The summed E-state index contributed by atoms with van der Waals surface area (Å²) in [5.74, 6) is 0. The highest BCUT2D eigenvalue weighted by Crippen LogP contribution is 1.84. The van der Waals surface area contributed by atoms with Gasteiger partial charge in [-0.2, -0.15) is 0 Å². The van der Waals surface area contributed by atoms with E-state index in [1.54, 1.807) is 0 Å². The Hall–Kier alpha value is -0.200. The van der Waals surface area contributed by atoms with Crippen LogP contribution in [0.1, 0.15) is 44.6 Å². The van der Waals surface area contributed by atoms with E-state index < -0.39 is 0 Å². The van der Waals surface area contributed by atoms with E-state index in [0.717, 1.165) is 52.4 Å². The maximum Gasteiger partial charge on any atom is 0.0108 e. The van der Waals surface area contributed by atoms with Gasteiger partial charge in [0.15, 0.2) is 0 Å². The molecule has 0 aromatic rings. The number of likely N-dealkylation sites (N-methyl/N-ethyl adjacent to an activating group) is 2. The molecule has 0 atom stereocenters. The molecule has 5 nitrogen and oxygen atoms in total. The Morgan fingerprint density at radius 3 is 1.57 bits per heavy atom. The van der Waals surface area contributed by atoms with Crippen molar-refractivity contribution in [3.63, 3.8) is 0 Å². The molecule has 0 radical (unpaired) electrons. The lowest BCUT2D eigenvalue weighted by atomic mass is 10.4. The van der Waals surface area contributed by atoms with Gasteiger partial charge in [0.05, 0.1) is 0 Å². The molecule has 0 unspecified atom stereocenters. The Bertz CT molecular complexity index is 123. The van der Waals surface area contributed by atoms with Crippen LogP contribution in [-0.4, -0.2) is 71.4 Å². The Labute approximate surface area is 138 Å². The van der Waals surface area contributed by atoms with Crippen molar-refractivity contribution < 1.29 is 0 Å². The molecule has 21 heavy (non-hydrogen) atoms. The van der Waals surface area contributed by atoms with Crippen LogP contribution in [0.25, 0.3) is 0 Å². The summed E-state index contributed by atoms with van der Waals surface area (Å²) in [5, 5.41) is 9.65. The van der Waals surface area contributed by atoms with Crippen molar-refractivity contribution in [2.24, 2.45) is 5.73 Å². The summed E-state index contributed by atoms with van der Waals surface area (Å²) in [7, 11) is 3.95. The third-order valence-corrected chi connectivity index (χ3v) is 2.28. The van der Waals surface area contributed by atoms with Crippen molar-refractivity contribution in [3.8, 4) is 0 Å². The SMILES string of the molecule is C.C.C.C.C.C.CNCCNCCN(CCN)CCNC. The molecule has 0 aromatic carbocycles. The number of rotatable bonds is 11. The lowest BCUT2D eigenvalue weighted by Crippen LogP contribution is -2.40. The predicted molar refractivity (Wildman–Crippen MR) is 107 cm³/mol. The molecule has 0 fully saturated rings. The van der Waals surface area contributed by atoms with Crippen molar-refractivity contribution in [3.05, 3.63) is 0 Å². The minimum Gasteiger partial charge on any atom is -0.329 e. The summed E-state index contributed by atoms with van der Waals surface area (Å²) in [6.45, 7) is 7.97. The molecule has 0 aliphatic carbocycles. The van der Waals surface area contributed by atoms with Crippen LogP contribution in [0.4, 0.5) is 0 Å². The second kappa shape index (κ2) is 36.7. The average Bonchev–Trinajstić information content (AvgIpc) is 2.25. The third-order valence-electron chi connectivity index (χ3n) is 2.28. The molecule has 0 heterocycles. The van der Waals surface area contributed by atoms with Gasteiger partial charge in [0.2, 0.25) is 0 Å². The van der Waals surface area contributed by atoms with Gasteiger partial charge in [-0.15, -0.1) is 0 Å². The molecule has 5 heteroatoms. The van der Waals surface area contributed by atoms with Gasteiger partial charge in [0, 0.05) is 52.4 Å². The third kappa shape index (κ3) is 32.9. The Morgan fingerprint density at radius 2 is 1.14 bits per heavy atom. The van der Waals surface area contributed by atoms with E-state index in [1.165, 1.54) is 0 Å². The Morgan fingerprint density at radius 1 is 0.667 bits per heavy atom. The molecule has 0 aromatic heterocycles. The van der Waals surface area contributed by atoms with Gasteiger partial charge in [-0.05, 0) is 14.1 Å². The van der Waals surface area contributed by atoms with Crippen molar-refractivity contribution in [1.29, 1.82) is 0 Å². The van der Waals surface area contributed by atoms with Gasteiger partial charge in [0.1, 0.15) is 0 Å². The fourth-order valence-electron chi connectivity index (χ4n) is 1.36. The van der Waals surface area contributed by atoms with E-state index >= 15 is 0 Å². The zero-order valence-electron chi connectivity index (χ0n) is 10.2. The molecule has 0 saturated carbocycles. The molecular weight excluding hydrogens is 262 g/mol. The maximum atomic E-state index is 5.56. The van der Waals surface area contributed by atoms with E-state index in [-0.39, 0.29) is 44.6 Å². The summed E-state index contributed by atoms with van der Waals surface area (Å²) in [6, 6.07) is 0. The first-order valence-corrected chi connectivity index (χ1v) is 5.77. The standard InChI is InChI=1S/C10H27N5.6CH4/c1-12-4-5-14-7-10-15(8-3-11)9-6-13-2;;;;;;/h12-14H,3-11H2,1-2H3;6*1H4. The second-order valence-corrected chi connectivity index (χ2v) is 3.59. The summed E-state index contributed by atoms with van der Waals surface area (Å²) in [5.41, 5.74) is 5.56. The van der Waals surface area contributed by atoms with E-state index in [4.69, 9.17) is 5.73 Å². The van der Waals surface area contributed by atoms with E-state index in [0.29, 0.717) is 0 Å². The molecule has 0 saturated heterocycles. The molecule has 0 amide bonds. The van der Waals surface area contributed by atoms with Crippen LogP contribution in [0.5, 0.6) is 0 Å². The maximum absolute atomic E-state index is 5.56. The quantitative estimate of drug-likeness (QED) is 0.440. The molecular formula is C16H51N5. The van der Waals surface area contributed by atoms with Crippen LogP contribution in [0.3, 0.4) is 0 Å². The number of nitrogens with zero attached hydrogens (tertiary/aromatic N) is 1. The van der Waals surface area contributed by atoms with Crippen LogP contribution in [-0.2, 0) is 0 Å². The number of nitrogens with two attached hydrogens (primary N) is 1. The Kier molecular flexibility index (Phi) is 74.9. The normalized spacial score (nSPS) is 8.00. The largest absolute Gasteiger partial charge is 0.329 e. The predicted octanol–water partition coefficient (Wildman–Crippen LogP) is 2.09. The van der Waals surface area contributed by atoms with Gasteiger partial charge in [-0.25, -0.2) is 0 Å². The minimum absolute atomic E-state index is 0. The van der Waals surface area contributed by atoms with Crippen molar-refractivity contribution in [2.75, 3.05) is 66.5 Å². The van der Waals surface area contributed by atoms with Crippen LogP contribution in [0, 0.1) is 0 Å². The minimum atomic E-state index is 0. The second-order valence-electron chi connectivity index (χ2n) is 3.59. The fraction of sp³-hybridized carbons (Fsp3) is 1.00. The van der Waals surface area contributed by atoms with Crippen molar-refractivity contribution in [2.45, 2.75) is 44.6 Å². The molecule has 0 bridgehead atoms. The zero-order valence-corrected chi connectivity index (χ0v) is 10.2. The fourth-order valence-corrected chi connectivity index (χ4v) is 1.36. The van der Waals surface area contributed by atoms with Crippen LogP contribution in [0.2, 0.25) is 0 Å². The van der Waals surface area contributed by atoms with Crippen molar-refractivity contribution in [1.82, 2.24) is 20.9 Å². The summed E-state index contributed by atoms with van der Waals surface area (Å²) in [6.07, 6.45) is 0. The van der Waals surface area contributed by atoms with Gasteiger partial charge < -0.3 is 21.7 Å². The molecule has 0 aliphatic rings. The summed E-state index contributed by atoms with van der Waals surface area (Å²) < 4.78 is 0. The zero-order chi connectivity index (χ0) is 11.4. The van der Waals surface area contributed by atoms with Gasteiger partial charge in [-0.1, -0.05) is 44.6 Å². The Balaban J connectivity index is -0.0000000653. The van der Waals surface area contributed by atoms with Crippen LogP contribution in [0.15, 0.2) is 0 Å². The first-order chi connectivity index (χ1) is 7.35. The topological polar surface area (TPSA) is 65.3 Å². The van der Waals surface area contributed by atoms with Gasteiger partial charge in [-0.3, -0.25) is 4.90 Å². The smallest absolute Gasteiger partial charge is 0.0108 e. The summed E-state index contributed by atoms with van der Waals surface area (Å²) in [4.78, 5) is 2.38. The van der Waals surface area contributed by atoms with Crippen molar-refractivity contribution >= 4 is 0 Å². The molecule has 5 N–H and O–H groups in total. The van der Waals surface area contributed by atoms with E-state index in [1.807, 2.05) is 14.1 Å². The lowest BCUT2D eigenvalue weighted by Gasteiger charge is -2.21. The highest BCUT2D eigenvalue weighted by atomic mass is 15.2. The highest BCUT2D eigenvalue weighted by Gasteiger charge is 2.01. The van der Waals surface area contributed by atoms with E-state index in [2.05, 4.69) is 20.9 Å². The average molecular weight is 314 g/mol. The first-order valence-electron chi connectivity index (χ1n) is 5.77.